The molecule has 0 saturated heterocycles. The highest BCUT2D eigenvalue weighted by Gasteiger charge is 2.12. The third-order valence-electron chi connectivity index (χ3n) is 3.06. The molecule has 2 nitrogen and oxygen atoms in total. The van der Waals surface area contributed by atoms with Crippen LogP contribution >= 0.6 is 15.9 Å². The van der Waals surface area contributed by atoms with Crippen molar-refractivity contribution in [2.75, 3.05) is 0 Å². The molecular formula is C17H19BrO2. The van der Waals surface area contributed by atoms with Crippen molar-refractivity contribution in [1.82, 2.24) is 0 Å². The summed E-state index contributed by atoms with van der Waals surface area (Å²) in [7, 11) is 0. The Kier molecular flexibility index (Phi) is 4.84. The Morgan fingerprint density at radius 3 is 2.40 bits per heavy atom. The fourth-order valence-electron chi connectivity index (χ4n) is 2.00. The number of rotatable bonds is 4. The zero-order valence-electron chi connectivity index (χ0n) is 11.9. The van der Waals surface area contributed by atoms with Gasteiger partial charge in [0.15, 0.2) is 0 Å². The van der Waals surface area contributed by atoms with Crippen LogP contribution in [0.2, 0.25) is 0 Å². The molecule has 0 saturated carbocycles. The average Bonchev–Trinajstić information content (AvgIpc) is 2.40. The molecule has 0 aliphatic carbocycles. The molecule has 0 amide bonds. The maximum atomic E-state index is 10.5. The van der Waals surface area contributed by atoms with Crippen molar-refractivity contribution in [2.45, 2.75) is 33.0 Å². The zero-order valence-corrected chi connectivity index (χ0v) is 13.5. The second kappa shape index (κ2) is 6.42. The Hall–Kier alpha value is -1.32. The number of aliphatic hydroxyl groups excluding tert-OH is 1. The van der Waals surface area contributed by atoms with Gasteiger partial charge in [-0.05, 0) is 55.7 Å². The number of hydrogen-bond acceptors (Lipinski definition) is 2. The standard InChI is InChI=1S/C17H19BrO2/c1-11(2)20-15-6-4-5-13(9-15)17(19)14-8-7-12(3)16(18)10-14/h4-11,17,19H,1-3H3. The predicted octanol–water partition coefficient (Wildman–Crippen LogP) is 4.63. The SMILES string of the molecule is Cc1ccc(C(O)c2cccc(OC(C)C)c2)cc1Br. The highest BCUT2D eigenvalue weighted by molar-refractivity contribution is 9.10. The number of ether oxygens (including phenoxy) is 1. The maximum absolute atomic E-state index is 10.5. The minimum absolute atomic E-state index is 0.121. The molecule has 0 fully saturated rings. The molecule has 20 heavy (non-hydrogen) atoms. The summed E-state index contributed by atoms with van der Waals surface area (Å²) in [5.74, 6) is 0.780. The molecular weight excluding hydrogens is 316 g/mol. The number of benzene rings is 2. The van der Waals surface area contributed by atoms with Crippen LogP contribution in [0.3, 0.4) is 0 Å². The maximum Gasteiger partial charge on any atom is 0.120 e. The highest BCUT2D eigenvalue weighted by atomic mass is 79.9. The van der Waals surface area contributed by atoms with E-state index in [4.69, 9.17) is 4.74 Å². The van der Waals surface area contributed by atoms with Crippen molar-refractivity contribution in [1.29, 1.82) is 0 Å². The molecule has 0 radical (unpaired) electrons. The van der Waals surface area contributed by atoms with E-state index in [1.54, 1.807) is 0 Å². The van der Waals surface area contributed by atoms with Gasteiger partial charge in [-0.3, -0.25) is 0 Å². The zero-order chi connectivity index (χ0) is 14.7. The van der Waals surface area contributed by atoms with Gasteiger partial charge in [-0.1, -0.05) is 40.2 Å². The smallest absolute Gasteiger partial charge is 0.120 e. The lowest BCUT2D eigenvalue weighted by molar-refractivity contribution is 0.216. The van der Waals surface area contributed by atoms with E-state index in [1.807, 2.05) is 63.2 Å². The molecule has 106 valence electrons. The van der Waals surface area contributed by atoms with Crippen LogP contribution in [0.25, 0.3) is 0 Å². The molecule has 2 aromatic rings. The van der Waals surface area contributed by atoms with Gasteiger partial charge in [-0.2, -0.15) is 0 Å². The minimum atomic E-state index is -0.650. The Balaban J connectivity index is 2.28. The topological polar surface area (TPSA) is 29.5 Å². The third-order valence-corrected chi connectivity index (χ3v) is 3.91. The molecule has 1 atom stereocenters. The van der Waals surface area contributed by atoms with E-state index in [0.29, 0.717) is 0 Å². The Morgan fingerprint density at radius 2 is 1.75 bits per heavy atom. The van der Waals surface area contributed by atoms with Gasteiger partial charge in [0.1, 0.15) is 11.9 Å². The number of aliphatic hydroxyl groups is 1. The van der Waals surface area contributed by atoms with Crippen LogP contribution in [0.15, 0.2) is 46.9 Å². The summed E-state index contributed by atoms with van der Waals surface area (Å²) in [6.45, 7) is 6.00. The summed E-state index contributed by atoms with van der Waals surface area (Å²) < 4.78 is 6.67. The first kappa shape index (κ1) is 15.1. The van der Waals surface area contributed by atoms with Crippen LogP contribution < -0.4 is 4.74 Å². The molecule has 1 N–H and O–H groups in total. The van der Waals surface area contributed by atoms with Crippen molar-refractivity contribution >= 4 is 15.9 Å². The van der Waals surface area contributed by atoms with Crippen molar-refractivity contribution < 1.29 is 9.84 Å². The fraction of sp³-hybridized carbons (Fsp3) is 0.294. The molecule has 2 aromatic carbocycles. The van der Waals surface area contributed by atoms with Gasteiger partial charge in [-0.25, -0.2) is 0 Å². The van der Waals surface area contributed by atoms with Gasteiger partial charge < -0.3 is 9.84 Å². The van der Waals surface area contributed by atoms with Gasteiger partial charge in [0.25, 0.3) is 0 Å². The molecule has 2 rings (SSSR count). The number of aryl methyl sites for hydroxylation is 1. The summed E-state index contributed by atoms with van der Waals surface area (Å²) >= 11 is 3.50. The van der Waals surface area contributed by atoms with E-state index < -0.39 is 6.10 Å². The summed E-state index contributed by atoms with van der Waals surface area (Å²) in [5, 5.41) is 10.5. The molecule has 0 bridgehead atoms. The summed E-state index contributed by atoms with van der Waals surface area (Å²) in [6.07, 6.45) is -0.529. The van der Waals surface area contributed by atoms with Crippen molar-refractivity contribution in [3.63, 3.8) is 0 Å². The van der Waals surface area contributed by atoms with Crippen LogP contribution in [0.4, 0.5) is 0 Å². The second-order valence-corrected chi connectivity index (χ2v) is 6.00. The van der Waals surface area contributed by atoms with Gasteiger partial charge in [0.2, 0.25) is 0 Å². The predicted molar refractivity (Wildman–Crippen MR) is 85.1 cm³/mol. The summed E-state index contributed by atoms with van der Waals surface area (Å²) in [6, 6.07) is 13.5. The van der Waals surface area contributed by atoms with Gasteiger partial charge in [0, 0.05) is 4.47 Å². The van der Waals surface area contributed by atoms with Gasteiger partial charge >= 0.3 is 0 Å². The molecule has 0 spiro atoms. The quantitative estimate of drug-likeness (QED) is 0.883. The van der Waals surface area contributed by atoms with Crippen LogP contribution in [0.5, 0.6) is 5.75 Å². The van der Waals surface area contributed by atoms with Crippen LogP contribution in [0.1, 0.15) is 36.6 Å². The van der Waals surface area contributed by atoms with Crippen molar-refractivity contribution in [3.05, 3.63) is 63.6 Å². The van der Waals surface area contributed by atoms with Gasteiger partial charge in [-0.15, -0.1) is 0 Å². The van der Waals surface area contributed by atoms with Crippen LogP contribution in [-0.4, -0.2) is 11.2 Å². The largest absolute Gasteiger partial charge is 0.491 e. The summed E-state index contributed by atoms with van der Waals surface area (Å²) in [4.78, 5) is 0. The minimum Gasteiger partial charge on any atom is -0.491 e. The number of hydrogen-bond donors (Lipinski definition) is 1. The third kappa shape index (κ3) is 3.62. The van der Waals surface area contributed by atoms with E-state index in [1.165, 1.54) is 0 Å². The first-order valence-electron chi connectivity index (χ1n) is 6.68. The van der Waals surface area contributed by atoms with Crippen LogP contribution in [-0.2, 0) is 0 Å². The average molecular weight is 335 g/mol. The molecule has 1 unspecified atom stereocenters. The van der Waals surface area contributed by atoms with Crippen molar-refractivity contribution in [2.24, 2.45) is 0 Å². The van der Waals surface area contributed by atoms with E-state index >= 15 is 0 Å². The number of halogens is 1. The molecule has 3 heteroatoms. The molecule has 0 aliphatic heterocycles. The van der Waals surface area contributed by atoms with Crippen LogP contribution in [0, 0.1) is 6.92 Å². The Bertz CT molecular complexity index is 593. The lowest BCUT2D eigenvalue weighted by atomic mass is 10.0. The lowest BCUT2D eigenvalue weighted by Crippen LogP contribution is -2.06. The molecule has 0 aromatic heterocycles. The second-order valence-electron chi connectivity index (χ2n) is 5.15. The fourth-order valence-corrected chi connectivity index (χ4v) is 2.40. The lowest BCUT2D eigenvalue weighted by Gasteiger charge is -2.15. The first-order valence-corrected chi connectivity index (χ1v) is 7.47. The summed E-state index contributed by atoms with van der Waals surface area (Å²) in [5.41, 5.74) is 2.85. The van der Waals surface area contributed by atoms with Gasteiger partial charge in [0.05, 0.1) is 6.10 Å². The Morgan fingerprint density at radius 1 is 1.05 bits per heavy atom. The van der Waals surface area contributed by atoms with E-state index in [2.05, 4.69) is 15.9 Å². The normalized spacial score (nSPS) is 12.5. The van der Waals surface area contributed by atoms with Crippen molar-refractivity contribution in [3.8, 4) is 5.75 Å². The molecule has 0 aliphatic rings. The Labute approximate surface area is 128 Å². The first-order chi connectivity index (χ1) is 9.47. The highest BCUT2D eigenvalue weighted by Crippen LogP contribution is 2.28. The monoisotopic (exact) mass is 334 g/mol. The van der Waals surface area contributed by atoms with E-state index in [9.17, 15) is 5.11 Å². The van der Waals surface area contributed by atoms with E-state index in [-0.39, 0.29) is 6.10 Å². The molecule has 0 heterocycles. The van der Waals surface area contributed by atoms with E-state index in [0.717, 1.165) is 26.9 Å².